The van der Waals surface area contributed by atoms with Gasteiger partial charge in [0.05, 0.1) is 6.04 Å². The summed E-state index contributed by atoms with van der Waals surface area (Å²) in [6.45, 7) is 4.67. The molecule has 2 amide bonds. The average molecular weight is 346 g/mol. The molecule has 0 radical (unpaired) electrons. The fourth-order valence-corrected chi connectivity index (χ4v) is 3.01. The number of aldehydes is 1. The van der Waals surface area contributed by atoms with E-state index in [2.05, 4.69) is 5.32 Å². The van der Waals surface area contributed by atoms with Crippen molar-refractivity contribution in [2.45, 2.75) is 51.8 Å². The molecule has 0 aromatic heterocycles. The zero-order chi connectivity index (χ0) is 18.2. The first kappa shape index (κ1) is 19.0. The van der Waals surface area contributed by atoms with Crippen molar-refractivity contribution < 1.29 is 19.1 Å². The van der Waals surface area contributed by atoms with E-state index in [-0.39, 0.29) is 24.5 Å². The van der Waals surface area contributed by atoms with Crippen LogP contribution in [0.1, 0.15) is 38.7 Å². The van der Waals surface area contributed by atoms with Gasteiger partial charge in [-0.15, -0.1) is 0 Å². The zero-order valence-corrected chi connectivity index (χ0v) is 14.8. The monoisotopic (exact) mass is 346 g/mol. The van der Waals surface area contributed by atoms with E-state index in [4.69, 9.17) is 4.74 Å². The average Bonchev–Trinajstić information content (AvgIpc) is 3.08. The number of amides is 2. The molecule has 0 saturated carbocycles. The number of rotatable bonds is 7. The normalized spacial score (nSPS) is 18.0. The van der Waals surface area contributed by atoms with E-state index in [9.17, 15) is 14.4 Å². The fourth-order valence-electron chi connectivity index (χ4n) is 3.01. The maximum Gasteiger partial charge on any atom is 0.408 e. The van der Waals surface area contributed by atoms with Crippen LogP contribution in [0.2, 0.25) is 0 Å². The molecule has 1 N–H and O–H groups in total. The van der Waals surface area contributed by atoms with Gasteiger partial charge >= 0.3 is 6.09 Å². The fraction of sp³-hybridized carbons (Fsp3) is 0.526. The Morgan fingerprint density at radius 3 is 2.68 bits per heavy atom. The molecule has 0 aliphatic carbocycles. The lowest BCUT2D eigenvalue weighted by Gasteiger charge is -2.27. The van der Waals surface area contributed by atoms with Crippen LogP contribution >= 0.6 is 0 Å². The molecule has 1 heterocycles. The van der Waals surface area contributed by atoms with Crippen LogP contribution in [0.25, 0.3) is 0 Å². The van der Waals surface area contributed by atoms with Crippen LogP contribution in [0, 0.1) is 5.92 Å². The topological polar surface area (TPSA) is 75.7 Å². The molecule has 25 heavy (non-hydrogen) atoms. The van der Waals surface area contributed by atoms with E-state index in [0.29, 0.717) is 19.4 Å². The molecule has 1 saturated heterocycles. The Morgan fingerprint density at radius 1 is 1.32 bits per heavy atom. The number of ether oxygens (including phenoxy) is 1. The summed E-state index contributed by atoms with van der Waals surface area (Å²) in [7, 11) is 0. The third-order valence-electron chi connectivity index (χ3n) is 4.25. The third kappa shape index (κ3) is 5.59. The summed E-state index contributed by atoms with van der Waals surface area (Å²) < 4.78 is 5.22. The Labute approximate surface area is 148 Å². The Hall–Kier alpha value is -2.37. The predicted octanol–water partition coefficient (Wildman–Crippen LogP) is 2.52. The quantitative estimate of drug-likeness (QED) is 0.770. The molecular formula is C19H26N2O4. The van der Waals surface area contributed by atoms with Gasteiger partial charge in [-0.1, -0.05) is 44.2 Å². The second-order valence-electron chi connectivity index (χ2n) is 6.77. The minimum atomic E-state index is -0.677. The van der Waals surface area contributed by atoms with Crippen LogP contribution in [-0.4, -0.2) is 41.8 Å². The molecular weight excluding hydrogens is 320 g/mol. The Bertz CT molecular complexity index is 588. The maximum absolute atomic E-state index is 12.8. The predicted molar refractivity (Wildman–Crippen MR) is 93.8 cm³/mol. The second kappa shape index (κ2) is 9.20. The molecule has 136 valence electrons. The highest BCUT2D eigenvalue weighted by atomic mass is 16.5. The molecule has 1 aromatic carbocycles. The Morgan fingerprint density at radius 2 is 2.04 bits per heavy atom. The van der Waals surface area contributed by atoms with Gasteiger partial charge in [0.15, 0.2) is 0 Å². The van der Waals surface area contributed by atoms with Gasteiger partial charge in [-0.25, -0.2) is 4.79 Å². The van der Waals surface area contributed by atoms with Crippen molar-refractivity contribution in [3.05, 3.63) is 35.9 Å². The van der Waals surface area contributed by atoms with Gasteiger partial charge in [0.2, 0.25) is 5.91 Å². The highest BCUT2D eigenvalue weighted by Gasteiger charge is 2.34. The first-order chi connectivity index (χ1) is 12.0. The number of carbonyl (C=O) groups excluding carboxylic acids is 3. The number of hydrogen-bond acceptors (Lipinski definition) is 4. The molecule has 0 spiro atoms. The molecule has 2 atom stereocenters. The molecule has 0 bridgehead atoms. The van der Waals surface area contributed by atoms with E-state index in [1.165, 1.54) is 0 Å². The minimum absolute atomic E-state index is 0.149. The van der Waals surface area contributed by atoms with E-state index in [1.807, 2.05) is 44.2 Å². The van der Waals surface area contributed by atoms with Crippen molar-refractivity contribution in [2.24, 2.45) is 5.92 Å². The number of nitrogens with one attached hydrogen (secondary N) is 1. The van der Waals surface area contributed by atoms with E-state index in [1.54, 1.807) is 4.90 Å². The summed E-state index contributed by atoms with van der Waals surface area (Å²) in [5.74, 6) is 0.0145. The Kier molecular flexibility index (Phi) is 6.98. The molecule has 1 aliphatic heterocycles. The molecule has 2 rings (SSSR count). The van der Waals surface area contributed by atoms with Crippen molar-refractivity contribution in [3.63, 3.8) is 0 Å². The van der Waals surface area contributed by atoms with Crippen LogP contribution < -0.4 is 5.32 Å². The first-order valence-corrected chi connectivity index (χ1v) is 8.74. The zero-order valence-electron chi connectivity index (χ0n) is 14.8. The number of carbonyl (C=O) groups is 3. The number of likely N-dealkylation sites (tertiary alicyclic amines) is 1. The van der Waals surface area contributed by atoms with E-state index in [0.717, 1.165) is 18.3 Å². The summed E-state index contributed by atoms with van der Waals surface area (Å²) in [6, 6.07) is 8.29. The van der Waals surface area contributed by atoms with E-state index < -0.39 is 12.1 Å². The van der Waals surface area contributed by atoms with E-state index >= 15 is 0 Å². The van der Waals surface area contributed by atoms with Gasteiger partial charge in [-0.3, -0.25) is 4.79 Å². The van der Waals surface area contributed by atoms with Crippen molar-refractivity contribution in [1.82, 2.24) is 10.2 Å². The van der Waals surface area contributed by atoms with Crippen molar-refractivity contribution >= 4 is 18.3 Å². The molecule has 6 nitrogen and oxygen atoms in total. The van der Waals surface area contributed by atoms with Gasteiger partial charge in [0.25, 0.3) is 0 Å². The third-order valence-corrected chi connectivity index (χ3v) is 4.25. The van der Waals surface area contributed by atoms with Gasteiger partial charge < -0.3 is 19.7 Å². The minimum Gasteiger partial charge on any atom is -0.445 e. The number of benzene rings is 1. The first-order valence-electron chi connectivity index (χ1n) is 8.74. The second-order valence-corrected chi connectivity index (χ2v) is 6.77. The van der Waals surface area contributed by atoms with Crippen LogP contribution in [-0.2, 0) is 20.9 Å². The number of hydrogen-bond donors (Lipinski definition) is 1. The lowest BCUT2D eigenvalue weighted by molar-refractivity contribution is -0.136. The van der Waals surface area contributed by atoms with Gasteiger partial charge in [0.1, 0.15) is 18.9 Å². The summed E-state index contributed by atoms with van der Waals surface area (Å²) in [5, 5.41) is 2.67. The molecule has 6 heteroatoms. The summed E-state index contributed by atoms with van der Waals surface area (Å²) in [4.78, 5) is 37.6. The standard InChI is InChI=1S/C19H26N2O4/c1-14(2)11-17(18(23)21-10-6-9-16(21)12-22)20-19(24)25-13-15-7-4-3-5-8-15/h3-5,7-8,12,14,16-17H,6,9-11,13H2,1-2H3,(H,20,24). The van der Waals surface area contributed by atoms with Crippen LogP contribution in [0.5, 0.6) is 0 Å². The maximum atomic E-state index is 12.8. The van der Waals surface area contributed by atoms with Crippen molar-refractivity contribution in [1.29, 1.82) is 0 Å². The largest absolute Gasteiger partial charge is 0.445 e. The van der Waals surface area contributed by atoms with Crippen LogP contribution in [0.15, 0.2) is 30.3 Å². The highest BCUT2D eigenvalue weighted by molar-refractivity contribution is 5.88. The van der Waals surface area contributed by atoms with Gasteiger partial charge in [-0.2, -0.15) is 0 Å². The SMILES string of the molecule is CC(C)CC(NC(=O)OCc1ccccc1)C(=O)N1CCCC1C=O. The lowest BCUT2D eigenvalue weighted by Crippen LogP contribution is -2.51. The van der Waals surface area contributed by atoms with Crippen LogP contribution in [0.3, 0.4) is 0 Å². The summed E-state index contributed by atoms with van der Waals surface area (Å²) >= 11 is 0. The molecule has 1 aliphatic rings. The number of alkyl carbamates (subject to hydrolysis) is 1. The summed E-state index contributed by atoms with van der Waals surface area (Å²) in [5.41, 5.74) is 0.880. The summed E-state index contributed by atoms with van der Waals surface area (Å²) in [6.07, 6.45) is 2.18. The van der Waals surface area contributed by atoms with Crippen molar-refractivity contribution in [3.8, 4) is 0 Å². The molecule has 1 aromatic rings. The molecule has 1 fully saturated rings. The van der Waals surface area contributed by atoms with Gasteiger partial charge in [0, 0.05) is 6.54 Å². The van der Waals surface area contributed by atoms with Crippen LogP contribution in [0.4, 0.5) is 4.79 Å². The smallest absolute Gasteiger partial charge is 0.408 e. The van der Waals surface area contributed by atoms with Crippen molar-refractivity contribution in [2.75, 3.05) is 6.54 Å². The lowest BCUT2D eigenvalue weighted by atomic mass is 10.0. The molecule has 2 unspecified atom stereocenters. The Balaban J connectivity index is 1.95. The van der Waals surface area contributed by atoms with Gasteiger partial charge in [-0.05, 0) is 30.7 Å². The number of nitrogens with zero attached hydrogens (tertiary/aromatic N) is 1. The highest BCUT2D eigenvalue weighted by Crippen LogP contribution is 2.18.